The molecule has 0 radical (unpaired) electrons. The first-order valence-electron chi connectivity index (χ1n) is 6.13. The molecular weight excluding hydrogens is 268 g/mol. The molecule has 6 heteroatoms. The van der Waals surface area contributed by atoms with E-state index in [1.807, 2.05) is 15.8 Å². The number of hydrogen-bond acceptors (Lipinski definition) is 5. The first-order valence-corrected chi connectivity index (χ1v) is 8.23. The topological polar surface area (TPSA) is 53.4 Å². The predicted octanol–water partition coefficient (Wildman–Crippen LogP) is 1.61. The smallest absolute Gasteiger partial charge is 0.232 e. The van der Waals surface area contributed by atoms with Gasteiger partial charge in [0.25, 0.3) is 0 Å². The molecule has 0 aliphatic carbocycles. The third-order valence-electron chi connectivity index (χ3n) is 3.18. The van der Waals surface area contributed by atoms with Crippen molar-refractivity contribution in [2.24, 2.45) is 5.92 Å². The molecule has 1 aromatic rings. The molecule has 1 saturated heterocycles. The van der Waals surface area contributed by atoms with Gasteiger partial charge in [0.15, 0.2) is 0 Å². The van der Waals surface area contributed by atoms with Crippen LogP contribution in [0.25, 0.3) is 0 Å². The number of thiazole rings is 1. The Morgan fingerprint density at radius 3 is 2.94 bits per heavy atom. The van der Waals surface area contributed by atoms with Crippen molar-refractivity contribution in [3.63, 3.8) is 0 Å². The van der Waals surface area contributed by atoms with E-state index >= 15 is 0 Å². The Morgan fingerprint density at radius 1 is 1.56 bits per heavy atom. The summed E-state index contributed by atoms with van der Waals surface area (Å²) in [5, 5.41) is 11.1. The third kappa shape index (κ3) is 3.96. The molecule has 0 bridgehead atoms. The maximum Gasteiger partial charge on any atom is 0.232 e. The van der Waals surface area contributed by atoms with Crippen molar-refractivity contribution >= 4 is 29.0 Å². The normalized spacial score (nSPS) is 17.1. The van der Waals surface area contributed by atoms with Gasteiger partial charge in [-0.15, -0.1) is 23.1 Å². The van der Waals surface area contributed by atoms with E-state index in [1.54, 1.807) is 23.1 Å². The monoisotopic (exact) mass is 286 g/mol. The van der Waals surface area contributed by atoms with Crippen LogP contribution in [-0.4, -0.2) is 46.3 Å². The number of amides is 1. The number of aliphatic hydroxyl groups excluding tert-OH is 1. The van der Waals surface area contributed by atoms with Crippen LogP contribution in [0, 0.1) is 5.92 Å². The maximum atomic E-state index is 11.9. The van der Waals surface area contributed by atoms with Crippen LogP contribution >= 0.6 is 23.1 Å². The van der Waals surface area contributed by atoms with Crippen molar-refractivity contribution in [2.45, 2.75) is 18.6 Å². The Kier molecular flexibility index (Phi) is 5.46. The van der Waals surface area contributed by atoms with Crippen molar-refractivity contribution in [2.75, 3.05) is 25.4 Å². The van der Waals surface area contributed by atoms with Crippen LogP contribution in [0.15, 0.2) is 10.9 Å². The van der Waals surface area contributed by atoms with Crippen LogP contribution in [0.5, 0.6) is 0 Å². The van der Waals surface area contributed by atoms with E-state index in [-0.39, 0.29) is 12.5 Å². The lowest BCUT2D eigenvalue weighted by atomic mass is 9.98. The maximum absolute atomic E-state index is 11.9. The molecule has 1 amide bonds. The number of rotatable bonds is 5. The van der Waals surface area contributed by atoms with Gasteiger partial charge in [-0.05, 0) is 18.8 Å². The van der Waals surface area contributed by atoms with Crippen LogP contribution in [0.2, 0.25) is 0 Å². The highest BCUT2D eigenvalue weighted by molar-refractivity contribution is 7.99. The number of aromatic nitrogens is 1. The van der Waals surface area contributed by atoms with Crippen molar-refractivity contribution in [1.82, 2.24) is 9.88 Å². The first kappa shape index (κ1) is 13.8. The van der Waals surface area contributed by atoms with Crippen molar-refractivity contribution in [1.29, 1.82) is 0 Å². The van der Waals surface area contributed by atoms with Crippen LogP contribution in [-0.2, 0) is 10.5 Å². The molecule has 2 rings (SSSR count). The number of likely N-dealkylation sites (tertiary alicyclic amines) is 1. The average molecular weight is 286 g/mol. The summed E-state index contributed by atoms with van der Waals surface area (Å²) in [6.45, 7) is 1.84. The summed E-state index contributed by atoms with van der Waals surface area (Å²) in [6, 6.07) is 0. The lowest BCUT2D eigenvalue weighted by molar-refractivity contribution is -0.129. The van der Waals surface area contributed by atoms with E-state index < -0.39 is 0 Å². The van der Waals surface area contributed by atoms with Crippen LogP contribution in [0.1, 0.15) is 18.5 Å². The fourth-order valence-electron chi connectivity index (χ4n) is 2.01. The lowest BCUT2D eigenvalue weighted by Crippen LogP contribution is -2.40. The van der Waals surface area contributed by atoms with Gasteiger partial charge in [-0.25, -0.2) is 4.98 Å². The van der Waals surface area contributed by atoms with Gasteiger partial charge < -0.3 is 10.0 Å². The van der Waals surface area contributed by atoms with E-state index in [4.69, 9.17) is 5.11 Å². The second-order valence-corrected chi connectivity index (χ2v) is 6.18. The molecule has 1 aromatic heterocycles. The minimum atomic E-state index is 0.214. The Morgan fingerprint density at radius 2 is 2.33 bits per heavy atom. The minimum absolute atomic E-state index is 0.214. The van der Waals surface area contributed by atoms with Gasteiger partial charge in [0, 0.05) is 30.8 Å². The summed E-state index contributed by atoms with van der Waals surface area (Å²) in [4.78, 5) is 18.1. The molecule has 1 N–H and O–H groups in total. The van der Waals surface area contributed by atoms with Crippen LogP contribution in [0.4, 0.5) is 0 Å². The summed E-state index contributed by atoms with van der Waals surface area (Å²) in [5.74, 6) is 1.94. The highest BCUT2D eigenvalue weighted by Gasteiger charge is 2.21. The van der Waals surface area contributed by atoms with Gasteiger partial charge in [0.2, 0.25) is 5.91 Å². The molecule has 4 nitrogen and oxygen atoms in total. The standard InChI is InChI=1S/C12H18N2O2S2/c15-5-10-1-3-14(4-2-10)12(16)8-17-6-11-7-18-9-13-11/h7,9-10,15H,1-6,8H2. The third-order valence-corrected chi connectivity index (χ3v) is 4.77. The zero-order valence-electron chi connectivity index (χ0n) is 10.2. The number of carbonyl (C=O) groups excluding carboxylic acids is 1. The first-order chi connectivity index (χ1) is 8.79. The number of nitrogens with zero attached hydrogens (tertiary/aromatic N) is 2. The Hall–Kier alpha value is -0.590. The van der Waals surface area contributed by atoms with Gasteiger partial charge in [0.05, 0.1) is 17.0 Å². The summed E-state index contributed by atoms with van der Waals surface area (Å²) in [5.41, 5.74) is 2.87. The van der Waals surface area contributed by atoms with E-state index in [0.717, 1.165) is 37.4 Å². The molecule has 1 fully saturated rings. The van der Waals surface area contributed by atoms with Gasteiger partial charge in [-0.3, -0.25) is 4.79 Å². The van der Waals surface area contributed by atoms with Gasteiger partial charge in [0.1, 0.15) is 0 Å². The van der Waals surface area contributed by atoms with Gasteiger partial charge in [-0.1, -0.05) is 0 Å². The quantitative estimate of drug-likeness (QED) is 0.893. The molecule has 0 atom stereocenters. The highest BCUT2D eigenvalue weighted by Crippen LogP contribution is 2.18. The molecule has 100 valence electrons. The van der Waals surface area contributed by atoms with E-state index in [2.05, 4.69) is 4.98 Å². The number of thioether (sulfide) groups is 1. The summed E-state index contributed by atoms with van der Waals surface area (Å²) >= 11 is 3.21. The molecule has 0 aromatic carbocycles. The van der Waals surface area contributed by atoms with Gasteiger partial charge in [-0.2, -0.15) is 0 Å². The van der Waals surface area contributed by atoms with Crippen molar-refractivity contribution < 1.29 is 9.90 Å². The second-order valence-electron chi connectivity index (χ2n) is 4.48. The van der Waals surface area contributed by atoms with Crippen LogP contribution < -0.4 is 0 Å². The summed E-state index contributed by atoms with van der Waals surface area (Å²) in [6.07, 6.45) is 1.86. The van der Waals surface area contributed by atoms with Crippen molar-refractivity contribution in [3.05, 3.63) is 16.6 Å². The molecule has 1 aliphatic rings. The Labute approximate surface area is 115 Å². The highest BCUT2D eigenvalue weighted by atomic mass is 32.2. The minimum Gasteiger partial charge on any atom is -0.396 e. The SMILES string of the molecule is O=C(CSCc1cscn1)N1CCC(CO)CC1. The van der Waals surface area contributed by atoms with Gasteiger partial charge >= 0.3 is 0 Å². The number of aliphatic hydroxyl groups is 1. The molecule has 1 aliphatic heterocycles. The molecule has 0 unspecified atom stereocenters. The molecule has 2 heterocycles. The second kappa shape index (κ2) is 7.11. The Bertz CT molecular complexity index is 362. The zero-order valence-corrected chi connectivity index (χ0v) is 11.9. The van der Waals surface area contributed by atoms with Crippen LogP contribution in [0.3, 0.4) is 0 Å². The van der Waals surface area contributed by atoms with E-state index in [0.29, 0.717) is 11.7 Å². The predicted molar refractivity (Wildman–Crippen MR) is 74.7 cm³/mol. The number of hydrogen-bond donors (Lipinski definition) is 1. The lowest BCUT2D eigenvalue weighted by Gasteiger charge is -2.31. The number of carbonyl (C=O) groups is 1. The van der Waals surface area contributed by atoms with Crippen molar-refractivity contribution in [3.8, 4) is 0 Å². The molecular formula is C12H18N2O2S2. The number of piperidine rings is 1. The largest absolute Gasteiger partial charge is 0.396 e. The summed E-state index contributed by atoms with van der Waals surface area (Å²) < 4.78 is 0. The fraction of sp³-hybridized carbons (Fsp3) is 0.667. The zero-order chi connectivity index (χ0) is 12.8. The average Bonchev–Trinajstić information content (AvgIpc) is 2.92. The molecule has 0 spiro atoms. The van der Waals surface area contributed by atoms with E-state index in [1.165, 1.54) is 0 Å². The fourth-order valence-corrected chi connectivity index (χ4v) is 3.50. The Balaban J connectivity index is 1.66. The molecule has 18 heavy (non-hydrogen) atoms. The molecule has 0 saturated carbocycles. The van der Waals surface area contributed by atoms with E-state index in [9.17, 15) is 4.79 Å². The summed E-state index contributed by atoms with van der Waals surface area (Å²) in [7, 11) is 0.